The van der Waals surface area contributed by atoms with Gasteiger partial charge in [-0.2, -0.15) is 18.3 Å². The van der Waals surface area contributed by atoms with Crippen molar-refractivity contribution in [1.82, 2.24) is 39.7 Å². The monoisotopic (exact) mass is 518 g/mol. The van der Waals surface area contributed by atoms with Gasteiger partial charge in [0.1, 0.15) is 23.7 Å². The van der Waals surface area contributed by atoms with Crippen LogP contribution in [0.1, 0.15) is 55.6 Å². The van der Waals surface area contributed by atoms with Gasteiger partial charge < -0.3 is 15.5 Å². The zero-order valence-electron chi connectivity index (χ0n) is 19.2. The first kappa shape index (κ1) is 23.2. The second-order valence-electron chi connectivity index (χ2n) is 9.18. The van der Waals surface area contributed by atoms with E-state index in [0.29, 0.717) is 5.65 Å². The second kappa shape index (κ2) is 7.63. The Balaban J connectivity index is 1.38. The SMILES string of the molecule is CC1(c2nnc(C3(F)CC3)o2)C(=O)Nc2nc(-c3cn4ncnc4c(CCCC(F)(F)F)n3)nc(N)c21. The van der Waals surface area contributed by atoms with Gasteiger partial charge in [0.05, 0.1) is 17.5 Å². The first-order valence-corrected chi connectivity index (χ1v) is 11.3. The summed E-state index contributed by atoms with van der Waals surface area (Å²) >= 11 is 0. The first-order valence-electron chi connectivity index (χ1n) is 11.3. The number of hydrogen-bond acceptors (Lipinski definition) is 10. The predicted octanol–water partition coefficient (Wildman–Crippen LogP) is 2.65. The summed E-state index contributed by atoms with van der Waals surface area (Å²) in [6.45, 7) is 1.49. The maximum absolute atomic E-state index is 14.4. The fraction of sp³-hybridized carbons (Fsp3) is 0.429. The van der Waals surface area contributed by atoms with Crippen LogP contribution in [-0.2, 0) is 22.3 Å². The minimum absolute atomic E-state index is 0.00202. The van der Waals surface area contributed by atoms with Crippen molar-refractivity contribution in [2.24, 2.45) is 0 Å². The molecule has 16 heteroatoms. The van der Waals surface area contributed by atoms with Gasteiger partial charge in [-0.1, -0.05) is 0 Å². The van der Waals surface area contributed by atoms with E-state index < -0.39 is 29.6 Å². The molecular formula is C21H18F4N10O2. The Morgan fingerprint density at radius 1 is 1.19 bits per heavy atom. The van der Waals surface area contributed by atoms with E-state index in [9.17, 15) is 22.4 Å². The van der Waals surface area contributed by atoms with Gasteiger partial charge in [-0.15, -0.1) is 10.2 Å². The smallest absolute Gasteiger partial charge is 0.389 e. The molecule has 0 spiro atoms. The molecule has 0 saturated heterocycles. The zero-order valence-corrected chi connectivity index (χ0v) is 19.2. The number of aromatic nitrogens is 8. The molecule has 4 aromatic rings. The van der Waals surface area contributed by atoms with E-state index in [0.717, 1.165) is 0 Å². The van der Waals surface area contributed by atoms with Crippen molar-refractivity contribution in [3.05, 3.63) is 35.6 Å². The molecule has 1 unspecified atom stereocenters. The lowest BCUT2D eigenvalue weighted by Crippen LogP contribution is -2.33. The molecule has 37 heavy (non-hydrogen) atoms. The van der Waals surface area contributed by atoms with Crippen LogP contribution in [-0.4, -0.2) is 51.8 Å². The molecule has 0 aromatic carbocycles. The number of halogens is 4. The number of anilines is 2. The van der Waals surface area contributed by atoms with Gasteiger partial charge in [-0.3, -0.25) is 4.79 Å². The molecule has 12 nitrogen and oxygen atoms in total. The zero-order chi connectivity index (χ0) is 26.2. The first-order chi connectivity index (χ1) is 17.5. The number of fused-ring (bicyclic) bond motifs is 2. The standard InChI is InChI=1S/C21H18F4N10O2/c1-19(17-33-34-18(37-17)20(22)5-6-20)11-12(26)30-13(31-14(11)32-16(19)36)10-7-35-15(27-8-28-35)9(29-10)3-2-4-21(23,24)25/h7-8H,2-6H2,1H3,(H3,26,30,31,32,36). The number of hydrogen-bond donors (Lipinski definition) is 2. The Bertz CT molecular complexity index is 1560. The van der Waals surface area contributed by atoms with E-state index in [-0.39, 0.29) is 71.9 Å². The van der Waals surface area contributed by atoms with Crippen LogP contribution in [0, 0.1) is 0 Å². The molecule has 1 atom stereocenters. The molecule has 2 aliphatic rings. The Hall–Kier alpha value is -4.24. The maximum Gasteiger partial charge on any atom is 0.389 e. The van der Waals surface area contributed by atoms with E-state index in [1.807, 2.05) is 0 Å². The summed E-state index contributed by atoms with van der Waals surface area (Å²) in [6.07, 6.45) is -2.28. The Labute approximate surface area is 204 Å². The topological polar surface area (TPSA) is 163 Å². The Kier molecular flexibility index (Phi) is 4.78. The molecular weight excluding hydrogens is 500 g/mol. The molecule has 1 saturated carbocycles. The fourth-order valence-corrected chi connectivity index (χ4v) is 4.28. The van der Waals surface area contributed by atoms with Crippen molar-refractivity contribution in [2.75, 3.05) is 11.1 Å². The molecule has 3 N–H and O–H groups in total. The van der Waals surface area contributed by atoms with Gasteiger partial charge in [0, 0.05) is 6.42 Å². The highest BCUT2D eigenvalue weighted by atomic mass is 19.4. The molecule has 5 heterocycles. The van der Waals surface area contributed by atoms with Crippen LogP contribution in [0.5, 0.6) is 0 Å². The van der Waals surface area contributed by atoms with Gasteiger partial charge >= 0.3 is 6.18 Å². The van der Waals surface area contributed by atoms with Crippen LogP contribution in [0.2, 0.25) is 0 Å². The average molecular weight is 518 g/mol. The number of nitrogens with two attached hydrogens (primary N) is 1. The van der Waals surface area contributed by atoms with Crippen LogP contribution in [0.25, 0.3) is 17.2 Å². The maximum atomic E-state index is 14.4. The molecule has 1 amide bonds. The van der Waals surface area contributed by atoms with Crippen LogP contribution in [0.15, 0.2) is 16.9 Å². The van der Waals surface area contributed by atoms with Crippen molar-refractivity contribution in [1.29, 1.82) is 0 Å². The number of nitrogens with zero attached hydrogens (tertiary/aromatic N) is 8. The van der Waals surface area contributed by atoms with Crippen molar-refractivity contribution in [2.45, 2.75) is 56.3 Å². The number of nitrogen functional groups attached to an aromatic ring is 1. The fourth-order valence-electron chi connectivity index (χ4n) is 4.28. The number of amides is 1. The lowest BCUT2D eigenvalue weighted by Gasteiger charge is -2.18. The summed E-state index contributed by atoms with van der Waals surface area (Å²) in [5.41, 5.74) is 3.90. The van der Waals surface area contributed by atoms with E-state index in [4.69, 9.17) is 10.2 Å². The summed E-state index contributed by atoms with van der Waals surface area (Å²) < 4.78 is 59.2. The van der Waals surface area contributed by atoms with Crippen LogP contribution in [0.3, 0.4) is 0 Å². The minimum atomic E-state index is -4.30. The minimum Gasteiger partial charge on any atom is -0.420 e. The lowest BCUT2D eigenvalue weighted by molar-refractivity contribution is -0.135. The molecule has 1 aliphatic carbocycles. The van der Waals surface area contributed by atoms with Gasteiger partial charge in [-0.25, -0.2) is 28.8 Å². The number of carbonyl (C=O) groups excluding carboxylic acids is 1. The van der Waals surface area contributed by atoms with E-state index in [1.165, 1.54) is 24.0 Å². The van der Waals surface area contributed by atoms with E-state index >= 15 is 0 Å². The number of alkyl halides is 4. The largest absolute Gasteiger partial charge is 0.420 e. The van der Waals surface area contributed by atoms with Crippen LogP contribution >= 0.6 is 0 Å². The summed E-state index contributed by atoms with van der Waals surface area (Å²) in [6, 6.07) is 0. The third kappa shape index (κ3) is 3.74. The van der Waals surface area contributed by atoms with Gasteiger partial charge in [0.25, 0.3) is 5.89 Å². The molecule has 0 bridgehead atoms. The average Bonchev–Trinajstić information content (AvgIpc) is 3.21. The third-order valence-electron chi connectivity index (χ3n) is 6.48. The summed E-state index contributed by atoms with van der Waals surface area (Å²) in [7, 11) is 0. The summed E-state index contributed by atoms with van der Waals surface area (Å²) in [5, 5.41) is 14.3. The van der Waals surface area contributed by atoms with E-state index in [2.05, 4.69) is 40.5 Å². The Morgan fingerprint density at radius 2 is 1.95 bits per heavy atom. The molecule has 1 aliphatic heterocycles. The van der Waals surface area contributed by atoms with Crippen LogP contribution in [0.4, 0.5) is 29.2 Å². The van der Waals surface area contributed by atoms with Gasteiger partial charge in [0.15, 0.2) is 22.6 Å². The van der Waals surface area contributed by atoms with Crippen molar-refractivity contribution < 1.29 is 26.8 Å². The highest BCUT2D eigenvalue weighted by Gasteiger charge is 2.55. The number of aryl methyl sites for hydroxylation is 1. The number of nitrogens with one attached hydrogen (secondary N) is 1. The van der Waals surface area contributed by atoms with Gasteiger partial charge in [0.2, 0.25) is 11.8 Å². The lowest BCUT2D eigenvalue weighted by atomic mass is 9.84. The molecule has 1 fully saturated rings. The summed E-state index contributed by atoms with van der Waals surface area (Å²) in [4.78, 5) is 30.2. The molecule has 192 valence electrons. The normalized spacial score (nSPS) is 20.3. The Morgan fingerprint density at radius 3 is 2.68 bits per heavy atom. The molecule has 4 aromatic heterocycles. The van der Waals surface area contributed by atoms with Crippen molar-refractivity contribution in [3.63, 3.8) is 0 Å². The van der Waals surface area contributed by atoms with E-state index in [1.54, 1.807) is 0 Å². The number of carbonyl (C=O) groups is 1. The predicted molar refractivity (Wildman–Crippen MR) is 117 cm³/mol. The second-order valence-corrected chi connectivity index (χ2v) is 9.18. The molecule has 0 radical (unpaired) electrons. The van der Waals surface area contributed by atoms with Crippen molar-refractivity contribution >= 4 is 23.2 Å². The highest BCUT2D eigenvalue weighted by Crippen LogP contribution is 2.50. The summed E-state index contributed by atoms with van der Waals surface area (Å²) in [5.74, 6) is -0.963. The third-order valence-corrected chi connectivity index (χ3v) is 6.48. The molecule has 6 rings (SSSR count). The highest BCUT2D eigenvalue weighted by molar-refractivity contribution is 6.08. The number of rotatable bonds is 6. The quantitative estimate of drug-likeness (QED) is 0.363. The van der Waals surface area contributed by atoms with Gasteiger partial charge in [-0.05, 0) is 32.6 Å². The van der Waals surface area contributed by atoms with Crippen LogP contribution < -0.4 is 11.1 Å². The van der Waals surface area contributed by atoms with Crippen molar-refractivity contribution in [3.8, 4) is 11.5 Å².